The zero-order chi connectivity index (χ0) is 25.9. The second kappa shape index (κ2) is 10.3. The number of hydrogen-bond acceptors (Lipinski definition) is 6. The summed E-state index contributed by atoms with van der Waals surface area (Å²) in [6.07, 6.45) is 0. The maximum Gasteiger partial charge on any atom is 0.255 e. The van der Waals surface area contributed by atoms with Gasteiger partial charge < -0.3 is 24.8 Å². The van der Waals surface area contributed by atoms with Crippen molar-refractivity contribution in [2.24, 2.45) is 5.73 Å². The van der Waals surface area contributed by atoms with E-state index >= 15 is 4.39 Å². The van der Waals surface area contributed by atoms with Crippen molar-refractivity contribution in [1.29, 1.82) is 5.41 Å². The van der Waals surface area contributed by atoms with Gasteiger partial charge in [0.2, 0.25) is 0 Å². The third kappa shape index (κ3) is 5.55. The molecule has 0 unspecified atom stereocenters. The van der Waals surface area contributed by atoms with E-state index in [2.05, 4.69) is 0 Å². The molecular formula is C26H32FN3O5. The zero-order valence-electron chi connectivity index (χ0n) is 20.8. The molecule has 0 spiro atoms. The summed E-state index contributed by atoms with van der Waals surface area (Å²) >= 11 is 0. The monoisotopic (exact) mass is 485 g/mol. The smallest absolute Gasteiger partial charge is 0.255 e. The van der Waals surface area contributed by atoms with E-state index in [4.69, 9.17) is 25.4 Å². The Morgan fingerprint density at radius 3 is 2.37 bits per heavy atom. The molecule has 3 N–H and O–H groups in total. The Hall–Kier alpha value is -3.62. The van der Waals surface area contributed by atoms with Crippen LogP contribution in [-0.2, 0) is 16.8 Å². The van der Waals surface area contributed by atoms with Gasteiger partial charge in [0.25, 0.3) is 5.91 Å². The number of amides is 1. The van der Waals surface area contributed by atoms with Crippen molar-refractivity contribution in [3.8, 4) is 17.2 Å². The first-order valence-corrected chi connectivity index (χ1v) is 11.5. The van der Waals surface area contributed by atoms with Crippen molar-refractivity contribution in [3.05, 3.63) is 52.3 Å². The number of halogens is 1. The van der Waals surface area contributed by atoms with Gasteiger partial charge in [-0.3, -0.25) is 15.0 Å². The second-order valence-corrected chi connectivity index (χ2v) is 9.26. The van der Waals surface area contributed by atoms with Crippen LogP contribution in [0.2, 0.25) is 0 Å². The summed E-state index contributed by atoms with van der Waals surface area (Å²) in [5.74, 6) is -0.816. The van der Waals surface area contributed by atoms with E-state index < -0.39 is 11.7 Å². The van der Waals surface area contributed by atoms with Crippen LogP contribution in [-0.4, -0.2) is 48.8 Å². The summed E-state index contributed by atoms with van der Waals surface area (Å²) in [5.41, 5.74) is 6.69. The Balaban J connectivity index is 1.86. The lowest BCUT2D eigenvalue weighted by Crippen LogP contribution is -2.30. The number of carbonyl (C=O) groups excluding carboxylic acids is 2. The van der Waals surface area contributed by atoms with Gasteiger partial charge in [0.1, 0.15) is 11.6 Å². The molecule has 1 heterocycles. The van der Waals surface area contributed by atoms with Crippen LogP contribution in [0, 0.1) is 11.2 Å². The number of Topliss-reactive ketones (excluding diaryl/α,β-unsaturated/α-hetero) is 1. The molecule has 3 rings (SSSR count). The van der Waals surface area contributed by atoms with E-state index in [9.17, 15) is 9.59 Å². The predicted molar refractivity (Wildman–Crippen MR) is 130 cm³/mol. The van der Waals surface area contributed by atoms with Gasteiger partial charge in [-0.05, 0) is 49.1 Å². The zero-order valence-corrected chi connectivity index (χ0v) is 20.8. The predicted octanol–water partition coefficient (Wildman–Crippen LogP) is 3.81. The lowest BCUT2D eigenvalue weighted by Gasteiger charge is -2.24. The maximum absolute atomic E-state index is 15.3. The van der Waals surface area contributed by atoms with E-state index in [1.807, 2.05) is 20.8 Å². The molecule has 1 aliphatic rings. The fraction of sp³-hybridized carbons (Fsp3) is 0.423. The van der Waals surface area contributed by atoms with Crippen molar-refractivity contribution >= 4 is 17.5 Å². The quantitative estimate of drug-likeness (QED) is 0.495. The minimum Gasteiger partial charge on any atom is -0.490 e. The van der Waals surface area contributed by atoms with Gasteiger partial charge in [0, 0.05) is 17.7 Å². The number of carbonyl (C=O) groups is 2. The Labute approximate surface area is 204 Å². The van der Waals surface area contributed by atoms with Gasteiger partial charge in [0.15, 0.2) is 29.7 Å². The molecule has 0 aromatic heterocycles. The number of benzene rings is 2. The number of ether oxygens (including phenoxy) is 3. The van der Waals surface area contributed by atoms with Gasteiger partial charge in [-0.1, -0.05) is 20.8 Å². The molecule has 9 heteroatoms. The van der Waals surface area contributed by atoms with Crippen molar-refractivity contribution in [1.82, 2.24) is 4.90 Å². The van der Waals surface area contributed by atoms with E-state index in [0.29, 0.717) is 23.5 Å². The number of nitrogens with two attached hydrogens (primary N) is 1. The highest BCUT2D eigenvalue weighted by Gasteiger charge is 2.33. The molecule has 2 aromatic carbocycles. The first kappa shape index (κ1) is 26.0. The molecule has 35 heavy (non-hydrogen) atoms. The van der Waals surface area contributed by atoms with E-state index in [1.54, 1.807) is 38.1 Å². The molecule has 0 bridgehead atoms. The molecule has 2 aromatic rings. The van der Waals surface area contributed by atoms with Gasteiger partial charge in [-0.25, -0.2) is 4.39 Å². The average molecular weight is 486 g/mol. The molecule has 8 nitrogen and oxygen atoms in total. The molecule has 0 fully saturated rings. The van der Waals surface area contributed by atoms with Crippen LogP contribution in [0.15, 0.2) is 24.3 Å². The maximum atomic E-state index is 15.3. The third-order valence-corrected chi connectivity index (χ3v) is 5.59. The van der Waals surface area contributed by atoms with Crippen LogP contribution >= 0.6 is 0 Å². The molecule has 1 amide bonds. The molecule has 0 saturated heterocycles. The standard InChI is InChI=1S/C26H32FN3O5/c1-6-33-20-11-16-12-30(25(29)22(16)23(27)24(20)34-7-2)13-18(31)15-8-9-19(35-14-21(28)32)17(10-15)26(3,4)5/h8-11,29H,6-7,12-14H2,1-5H3,(H2,28,32). The molecule has 0 aliphatic carbocycles. The van der Waals surface area contributed by atoms with Crippen LogP contribution in [0.5, 0.6) is 17.2 Å². The number of ketones is 1. The van der Waals surface area contributed by atoms with Crippen LogP contribution in [0.4, 0.5) is 4.39 Å². The molecule has 188 valence electrons. The van der Waals surface area contributed by atoms with Crippen LogP contribution in [0.3, 0.4) is 0 Å². The summed E-state index contributed by atoms with van der Waals surface area (Å²) in [7, 11) is 0. The summed E-state index contributed by atoms with van der Waals surface area (Å²) in [6, 6.07) is 6.66. The van der Waals surface area contributed by atoms with Crippen LogP contribution in [0.25, 0.3) is 0 Å². The SMILES string of the molecule is CCOc1cc2c(c(F)c1OCC)C(=N)N(CC(=O)c1ccc(OCC(N)=O)c(C(C)(C)C)c1)C2. The lowest BCUT2D eigenvalue weighted by atomic mass is 9.85. The van der Waals surface area contributed by atoms with Crippen molar-refractivity contribution in [2.45, 2.75) is 46.6 Å². The van der Waals surface area contributed by atoms with Gasteiger partial charge in [0.05, 0.1) is 25.3 Å². The summed E-state index contributed by atoms with van der Waals surface area (Å²) in [5, 5.41) is 8.53. The Kier molecular flexibility index (Phi) is 7.67. The summed E-state index contributed by atoms with van der Waals surface area (Å²) in [4.78, 5) is 25.8. The minimum atomic E-state index is -0.654. The first-order chi connectivity index (χ1) is 16.5. The largest absolute Gasteiger partial charge is 0.490 e. The number of fused-ring (bicyclic) bond motifs is 1. The second-order valence-electron chi connectivity index (χ2n) is 9.26. The third-order valence-electron chi connectivity index (χ3n) is 5.59. The van der Waals surface area contributed by atoms with E-state index in [1.165, 1.54) is 4.90 Å². The molecule has 1 aliphatic heterocycles. The highest BCUT2D eigenvalue weighted by atomic mass is 19.1. The van der Waals surface area contributed by atoms with E-state index in [-0.39, 0.29) is 60.4 Å². The number of rotatable bonds is 10. The van der Waals surface area contributed by atoms with Gasteiger partial charge >= 0.3 is 0 Å². The lowest BCUT2D eigenvalue weighted by molar-refractivity contribution is -0.119. The molecule has 0 radical (unpaired) electrons. The fourth-order valence-corrected chi connectivity index (χ4v) is 3.99. The first-order valence-electron chi connectivity index (χ1n) is 11.5. The normalized spacial score (nSPS) is 13.0. The van der Waals surface area contributed by atoms with E-state index in [0.717, 1.165) is 5.56 Å². The summed E-state index contributed by atoms with van der Waals surface area (Å²) in [6.45, 7) is 9.87. The Morgan fingerprint density at radius 2 is 1.77 bits per heavy atom. The molecular weight excluding hydrogens is 453 g/mol. The number of nitrogens with zero attached hydrogens (tertiary/aromatic N) is 1. The van der Waals surface area contributed by atoms with Gasteiger partial charge in [-0.2, -0.15) is 0 Å². The van der Waals surface area contributed by atoms with Crippen molar-refractivity contribution in [2.75, 3.05) is 26.4 Å². The Morgan fingerprint density at radius 1 is 1.09 bits per heavy atom. The minimum absolute atomic E-state index is 0.0209. The van der Waals surface area contributed by atoms with Crippen LogP contribution in [0.1, 0.15) is 61.7 Å². The number of hydrogen-bond donors (Lipinski definition) is 2. The van der Waals surface area contributed by atoms with Crippen LogP contribution < -0.4 is 19.9 Å². The van der Waals surface area contributed by atoms with Crippen molar-refractivity contribution in [3.63, 3.8) is 0 Å². The fourth-order valence-electron chi connectivity index (χ4n) is 3.99. The average Bonchev–Trinajstić information content (AvgIpc) is 3.09. The highest BCUT2D eigenvalue weighted by Crippen LogP contribution is 2.39. The van der Waals surface area contributed by atoms with Crippen molar-refractivity contribution < 1.29 is 28.2 Å². The summed E-state index contributed by atoms with van der Waals surface area (Å²) < 4.78 is 31.8. The number of primary amides is 1. The molecule has 0 saturated carbocycles. The topological polar surface area (TPSA) is 115 Å². The molecule has 0 atom stereocenters. The highest BCUT2D eigenvalue weighted by molar-refractivity contribution is 6.06. The number of nitrogens with one attached hydrogen (secondary N) is 1. The Bertz CT molecular complexity index is 1160. The van der Waals surface area contributed by atoms with Gasteiger partial charge in [-0.15, -0.1) is 0 Å². The number of amidine groups is 1.